The molecule has 1 heterocycles. The number of methoxy groups -OCH3 is 1. The van der Waals surface area contributed by atoms with Gasteiger partial charge in [-0.2, -0.15) is 4.98 Å². The summed E-state index contributed by atoms with van der Waals surface area (Å²) in [6.07, 6.45) is 8.61. The van der Waals surface area contributed by atoms with E-state index in [1.165, 1.54) is 6.42 Å². The highest BCUT2D eigenvalue weighted by atomic mass is 16.5. The maximum Gasteiger partial charge on any atom is 0.229 e. The molecule has 1 aromatic heterocycles. The Labute approximate surface area is 126 Å². The van der Waals surface area contributed by atoms with Crippen molar-refractivity contribution in [3.05, 3.63) is 11.7 Å². The summed E-state index contributed by atoms with van der Waals surface area (Å²) in [5.74, 6) is 2.56. The van der Waals surface area contributed by atoms with Crippen LogP contribution in [0, 0.1) is 5.92 Å². The quantitative estimate of drug-likeness (QED) is 0.927. The summed E-state index contributed by atoms with van der Waals surface area (Å²) >= 11 is 0. The van der Waals surface area contributed by atoms with Crippen molar-refractivity contribution in [1.82, 2.24) is 10.1 Å². The molecule has 0 bridgehead atoms. The summed E-state index contributed by atoms with van der Waals surface area (Å²) in [4.78, 5) is 4.72. The van der Waals surface area contributed by atoms with Crippen LogP contribution >= 0.6 is 0 Å². The van der Waals surface area contributed by atoms with Gasteiger partial charge in [0.25, 0.3) is 0 Å². The van der Waals surface area contributed by atoms with Gasteiger partial charge in [0, 0.05) is 19.1 Å². The molecule has 21 heavy (non-hydrogen) atoms. The maximum absolute atomic E-state index is 5.97. The van der Waals surface area contributed by atoms with Gasteiger partial charge in [0.2, 0.25) is 11.7 Å². The first-order valence-electron chi connectivity index (χ1n) is 8.28. The Kier molecular flexibility index (Phi) is 4.31. The van der Waals surface area contributed by atoms with Crippen LogP contribution in [0.15, 0.2) is 4.52 Å². The SMILES string of the molecule is COC1(c2noc(C3CCC(N)CC3)n2)CCCC(C)C1. The van der Waals surface area contributed by atoms with Gasteiger partial charge in [0.05, 0.1) is 0 Å². The number of rotatable bonds is 3. The van der Waals surface area contributed by atoms with Gasteiger partial charge in [-0.05, 0) is 50.9 Å². The third kappa shape index (κ3) is 2.99. The normalized spacial score (nSPS) is 37.6. The van der Waals surface area contributed by atoms with E-state index in [0.717, 1.165) is 56.7 Å². The lowest BCUT2D eigenvalue weighted by molar-refractivity contribution is -0.0658. The smallest absolute Gasteiger partial charge is 0.229 e. The predicted octanol–water partition coefficient (Wildman–Crippen LogP) is 3.11. The highest BCUT2D eigenvalue weighted by Gasteiger charge is 2.41. The molecule has 2 N–H and O–H groups in total. The first-order valence-corrected chi connectivity index (χ1v) is 8.28. The van der Waals surface area contributed by atoms with Crippen molar-refractivity contribution in [3.8, 4) is 0 Å². The maximum atomic E-state index is 5.97. The van der Waals surface area contributed by atoms with Gasteiger partial charge in [-0.25, -0.2) is 0 Å². The number of hydrogen-bond donors (Lipinski definition) is 1. The second-order valence-corrected chi connectivity index (χ2v) is 6.97. The number of ether oxygens (including phenoxy) is 1. The van der Waals surface area contributed by atoms with Gasteiger partial charge in [0.15, 0.2) is 0 Å². The largest absolute Gasteiger partial charge is 0.370 e. The second kappa shape index (κ2) is 6.05. The van der Waals surface area contributed by atoms with Crippen LogP contribution in [0.5, 0.6) is 0 Å². The molecule has 5 heteroatoms. The van der Waals surface area contributed by atoms with Crippen molar-refractivity contribution >= 4 is 0 Å². The Hall–Kier alpha value is -0.940. The standard InChI is InChI=1S/C16H27N3O2/c1-11-4-3-9-16(10-11,20-2)15-18-14(21-19-15)12-5-7-13(17)8-6-12/h11-13H,3-10,17H2,1-2H3. The lowest BCUT2D eigenvalue weighted by Crippen LogP contribution is -2.35. The van der Waals surface area contributed by atoms with Crippen LogP contribution in [-0.4, -0.2) is 23.3 Å². The molecule has 0 radical (unpaired) electrons. The van der Waals surface area contributed by atoms with E-state index < -0.39 is 0 Å². The van der Waals surface area contributed by atoms with Crippen LogP contribution in [-0.2, 0) is 10.3 Å². The highest BCUT2D eigenvalue weighted by molar-refractivity contribution is 5.06. The Morgan fingerprint density at radius 2 is 2.00 bits per heavy atom. The lowest BCUT2D eigenvalue weighted by Gasteiger charge is -2.36. The fourth-order valence-electron chi connectivity index (χ4n) is 3.94. The zero-order valence-electron chi connectivity index (χ0n) is 13.2. The van der Waals surface area contributed by atoms with Gasteiger partial charge >= 0.3 is 0 Å². The van der Waals surface area contributed by atoms with Crippen molar-refractivity contribution < 1.29 is 9.26 Å². The van der Waals surface area contributed by atoms with Crippen LogP contribution in [0.1, 0.15) is 75.9 Å². The van der Waals surface area contributed by atoms with E-state index in [4.69, 9.17) is 20.0 Å². The zero-order valence-corrected chi connectivity index (χ0v) is 13.2. The monoisotopic (exact) mass is 293 g/mol. The molecular formula is C16H27N3O2. The first kappa shape index (κ1) is 15.0. The third-order valence-electron chi connectivity index (χ3n) is 5.32. The average molecular weight is 293 g/mol. The molecule has 3 rings (SSSR count). The topological polar surface area (TPSA) is 74.2 Å². The molecule has 118 valence electrons. The summed E-state index contributed by atoms with van der Waals surface area (Å²) in [6, 6.07) is 0.341. The summed E-state index contributed by atoms with van der Waals surface area (Å²) in [5.41, 5.74) is 5.63. The third-order valence-corrected chi connectivity index (χ3v) is 5.32. The van der Waals surface area contributed by atoms with Gasteiger partial charge in [0.1, 0.15) is 5.60 Å². The average Bonchev–Trinajstić information content (AvgIpc) is 2.98. The molecule has 2 aliphatic carbocycles. The number of nitrogens with zero attached hydrogens (tertiary/aromatic N) is 2. The van der Waals surface area contributed by atoms with Crippen molar-refractivity contribution in [3.63, 3.8) is 0 Å². The van der Waals surface area contributed by atoms with Gasteiger partial charge in [-0.15, -0.1) is 0 Å². The summed E-state index contributed by atoms with van der Waals surface area (Å²) < 4.78 is 11.4. The van der Waals surface area contributed by atoms with Crippen molar-refractivity contribution in [2.45, 2.75) is 75.9 Å². The van der Waals surface area contributed by atoms with Gasteiger partial charge in [-0.1, -0.05) is 18.5 Å². The minimum absolute atomic E-state index is 0.341. The van der Waals surface area contributed by atoms with E-state index in [0.29, 0.717) is 17.9 Å². The highest BCUT2D eigenvalue weighted by Crippen LogP contribution is 2.42. The molecule has 0 aliphatic heterocycles. The summed E-state index contributed by atoms with van der Waals surface area (Å²) in [7, 11) is 1.77. The summed E-state index contributed by atoms with van der Waals surface area (Å²) in [6.45, 7) is 2.27. The second-order valence-electron chi connectivity index (χ2n) is 6.97. The molecule has 0 spiro atoms. The van der Waals surface area contributed by atoms with E-state index >= 15 is 0 Å². The van der Waals surface area contributed by atoms with E-state index in [2.05, 4.69) is 12.1 Å². The van der Waals surface area contributed by atoms with Crippen LogP contribution < -0.4 is 5.73 Å². The Morgan fingerprint density at radius 3 is 2.67 bits per heavy atom. The zero-order chi connectivity index (χ0) is 14.9. The molecule has 2 fully saturated rings. The minimum atomic E-state index is -0.343. The first-order chi connectivity index (χ1) is 10.1. The predicted molar refractivity (Wildman–Crippen MR) is 79.8 cm³/mol. The molecule has 2 atom stereocenters. The fourth-order valence-corrected chi connectivity index (χ4v) is 3.94. The van der Waals surface area contributed by atoms with E-state index in [1.807, 2.05) is 0 Å². The van der Waals surface area contributed by atoms with Gasteiger partial charge in [-0.3, -0.25) is 0 Å². The molecule has 0 saturated heterocycles. The van der Waals surface area contributed by atoms with Crippen molar-refractivity contribution in [2.24, 2.45) is 11.7 Å². The fraction of sp³-hybridized carbons (Fsp3) is 0.875. The Balaban J connectivity index is 1.77. The van der Waals surface area contributed by atoms with Crippen LogP contribution in [0.2, 0.25) is 0 Å². The van der Waals surface area contributed by atoms with Crippen LogP contribution in [0.4, 0.5) is 0 Å². The molecule has 2 unspecified atom stereocenters. The van der Waals surface area contributed by atoms with E-state index in [-0.39, 0.29) is 5.60 Å². The number of hydrogen-bond acceptors (Lipinski definition) is 5. The molecule has 2 saturated carbocycles. The minimum Gasteiger partial charge on any atom is -0.370 e. The van der Waals surface area contributed by atoms with Crippen LogP contribution in [0.3, 0.4) is 0 Å². The molecule has 1 aromatic rings. The molecule has 5 nitrogen and oxygen atoms in total. The molecule has 0 amide bonds. The van der Waals surface area contributed by atoms with Crippen molar-refractivity contribution in [2.75, 3.05) is 7.11 Å². The number of aromatic nitrogens is 2. The lowest BCUT2D eigenvalue weighted by atomic mass is 9.78. The Bertz CT molecular complexity index is 468. The van der Waals surface area contributed by atoms with E-state index in [9.17, 15) is 0 Å². The van der Waals surface area contributed by atoms with Gasteiger partial charge < -0.3 is 15.0 Å². The Morgan fingerprint density at radius 1 is 1.24 bits per heavy atom. The van der Waals surface area contributed by atoms with Crippen LogP contribution in [0.25, 0.3) is 0 Å². The number of nitrogens with two attached hydrogens (primary N) is 1. The molecule has 2 aliphatic rings. The van der Waals surface area contributed by atoms with E-state index in [1.54, 1.807) is 7.11 Å². The molecule has 0 aromatic carbocycles. The van der Waals surface area contributed by atoms with Crippen molar-refractivity contribution in [1.29, 1.82) is 0 Å². The summed E-state index contributed by atoms with van der Waals surface area (Å²) in [5, 5.41) is 4.27. The molecular weight excluding hydrogens is 266 g/mol.